The summed E-state index contributed by atoms with van der Waals surface area (Å²) >= 11 is 0. The number of hydrogen-bond donors (Lipinski definition) is 2. The monoisotopic (exact) mass is 353 g/mol. The third-order valence-electron chi connectivity index (χ3n) is 6.64. The summed E-state index contributed by atoms with van der Waals surface area (Å²) < 4.78 is 5.73. The summed E-state index contributed by atoms with van der Waals surface area (Å²) in [5.41, 5.74) is 5.24. The molecule has 3 N–H and O–H groups in total. The van der Waals surface area contributed by atoms with E-state index in [1.54, 1.807) is 0 Å². The third-order valence-corrected chi connectivity index (χ3v) is 6.64. The zero-order valence-electron chi connectivity index (χ0n) is 17.3. The van der Waals surface area contributed by atoms with Crippen molar-refractivity contribution in [2.75, 3.05) is 26.2 Å². The van der Waals surface area contributed by atoms with E-state index in [9.17, 15) is 4.79 Å². The fourth-order valence-corrected chi connectivity index (χ4v) is 4.54. The number of carbonyl (C=O) groups excluding carboxylic acids is 1. The molecule has 2 aliphatic rings. The van der Waals surface area contributed by atoms with Gasteiger partial charge < -0.3 is 15.8 Å². The molecule has 0 spiro atoms. The zero-order chi connectivity index (χ0) is 19.0. The molecule has 0 radical (unpaired) electrons. The quantitative estimate of drug-likeness (QED) is 0.769. The van der Waals surface area contributed by atoms with Gasteiger partial charge in [-0.15, -0.1) is 0 Å². The molecule has 0 bridgehead atoms. The van der Waals surface area contributed by atoms with Crippen molar-refractivity contribution in [3.05, 3.63) is 0 Å². The maximum Gasteiger partial charge on any atom is 0.240 e. The molecule has 0 aromatic carbocycles. The molecular weight excluding hydrogens is 314 g/mol. The van der Waals surface area contributed by atoms with Gasteiger partial charge in [0.1, 0.15) is 5.54 Å². The summed E-state index contributed by atoms with van der Waals surface area (Å²) in [5.74, 6) is 1.37. The Bertz CT molecular complexity index is 481. The van der Waals surface area contributed by atoms with E-state index in [-0.39, 0.29) is 23.0 Å². The predicted molar refractivity (Wildman–Crippen MR) is 102 cm³/mol. The van der Waals surface area contributed by atoms with Gasteiger partial charge in [-0.1, -0.05) is 27.7 Å². The van der Waals surface area contributed by atoms with Crippen molar-refractivity contribution in [3.8, 4) is 0 Å². The number of ether oxygens (including phenoxy) is 1. The molecule has 1 heterocycles. The number of carbonyl (C=O) groups is 1. The second-order valence-electron chi connectivity index (χ2n) is 9.69. The maximum absolute atomic E-state index is 12.9. The molecule has 0 aromatic rings. The standard InChI is InChI=1S/C20H39N3O2/c1-8-25-16-10-20(21,19(16,6)7)17(24)22-13-18(4,5)23-11-14(2)9-15(3)12-23/h14-16H,8-13,21H2,1-7H3,(H,22,24). The fraction of sp³-hybridized carbons (Fsp3) is 0.950. The van der Waals surface area contributed by atoms with E-state index < -0.39 is 5.54 Å². The molecule has 1 amide bonds. The van der Waals surface area contributed by atoms with Gasteiger partial charge in [-0.25, -0.2) is 0 Å². The highest BCUT2D eigenvalue weighted by atomic mass is 16.5. The van der Waals surface area contributed by atoms with Crippen molar-refractivity contribution in [2.24, 2.45) is 23.0 Å². The zero-order valence-corrected chi connectivity index (χ0v) is 17.3. The van der Waals surface area contributed by atoms with Crippen LogP contribution in [-0.2, 0) is 9.53 Å². The fourth-order valence-electron chi connectivity index (χ4n) is 4.54. The number of piperidine rings is 1. The predicted octanol–water partition coefficient (Wildman–Crippen LogP) is 2.39. The Balaban J connectivity index is 1.95. The lowest BCUT2D eigenvalue weighted by Gasteiger charge is -2.57. The van der Waals surface area contributed by atoms with Gasteiger partial charge in [0.15, 0.2) is 0 Å². The minimum Gasteiger partial charge on any atom is -0.378 e. The van der Waals surface area contributed by atoms with Crippen LogP contribution in [0, 0.1) is 17.3 Å². The van der Waals surface area contributed by atoms with Crippen LogP contribution >= 0.6 is 0 Å². The lowest BCUT2D eigenvalue weighted by atomic mass is 9.54. The summed E-state index contributed by atoms with van der Waals surface area (Å²) in [7, 11) is 0. The van der Waals surface area contributed by atoms with Crippen LogP contribution in [0.25, 0.3) is 0 Å². The minimum absolute atomic E-state index is 0.0420. The average Bonchev–Trinajstić information content (AvgIpc) is 2.51. The van der Waals surface area contributed by atoms with Crippen molar-refractivity contribution in [1.29, 1.82) is 0 Å². The molecule has 2 rings (SSSR count). The molecule has 146 valence electrons. The Hall–Kier alpha value is -0.650. The van der Waals surface area contributed by atoms with Crippen LogP contribution in [0.15, 0.2) is 0 Å². The summed E-state index contributed by atoms with van der Waals surface area (Å²) in [6, 6.07) is 0. The number of rotatable bonds is 6. The number of nitrogens with zero attached hydrogens (tertiary/aromatic N) is 1. The van der Waals surface area contributed by atoms with Crippen molar-refractivity contribution < 1.29 is 9.53 Å². The Morgan fingerprint density at radius 1 is 1.28 bits per heavy atom. The minimum atomic E-state index is -0.842. The first-order valence-electron chi connectivity index (χ1n) is 9.88. The number of likely N-dealkylation sites (tertiary alicyclic amines) is 1. The highest BCUT2D eigenvalue weighted by molar-refractivity contribution is 5.88. The SMILES string of the molecule is CCOC1CC(N)(C(=O)NCC(C)(C)N2CC(C)CC(C)C2)C1(C)C. The Morgan fingerprint density at radius 3 is 2.32 bits per heavy atom. The highest BCUT2D eigenvalue weighted by Gasteiger charge is 2.62. The normalized spacial score (nSPS) is 35.9. The summed E-state index contributed by atoms with van der Waals surface area (Å²) in [6.45, 7) is 18.6. The summed E-state index contributed by atoms with van der Waals surface area (Å²) in [4.78, 5) is 15.4. The third kappa shape index (κ3) is 3.88. The van der Waals surface area contributed by atoms with Crippen molar-refractivity contribution in [2.45, 2.75) is 78.5 Å². The molecular formula is C20H39N3O2. The van der Waals surface area contributed by atoms with Crippen molar-refractivity contribution >= 4 is 5.91 Å². The first kappa shape index (κ1) is 20.7. The van der Waals surface area contributed by atoms with Crippen LogP contribution in [0.4, 0.5) is 0 Å². The van der Waals surface area contributed by atoms with Crippen LogP contribution in [0.3, 0.4) is 0 Å². The molecule has 4 unspecified atom stereocenters. The van der Waals surface area contributed by atoms with Gasteiger partial charge in [-0.2, -0.15) is 0 Å². The largest absolute Gasteiger partial charge is 0.378 e. The number of amides is 1. The van der Waals surface area contributed by atoms with Crippen LogP contribution in [0.1, 0.15) is 61.3 Å². The Labute approximate surface area is 154 Å². The van der Waals surface area contributed by atoms with Crippen LogP contribution in [-0.4, -0.2) is 54.2 Å². The number of nitrogens with one attached hydrogen (secondary N) is 1. The summed E-state index contributed by atoms with van der Waals surface area (Å²) in [6.07, 6.45) is 1.94. The van der Waals surface area contributed by atoms with Crippen LogP contribution in [0.5, 0.6) is 0 Å². The molecule has 1 aliphatic carbocycles. The van der Waals surface area contributed by atoms with Crippen molar-refractivity contribution in [1.82, 2.24) is 10.2 Å². The molecule has 4 atom stereocenters. The molecule has 1 aliphatic heterocycles. The van der Waals surface area contributed by atoms with E-state index in [0.29, 0.717) is 31.4 Å². The van der Waals surface area contributed by atoms with E-state index in [4.69, 9.17) is 10.5 Å². The second kappa shape index (κ2) is 7.16. The topological polar surface area (TPSA) is 67.6 Å². The lowest BCUT2D eigenvalue weighted by molar-refractivity contribution is -0.171. The Kier molecular flexibility index (Phi) is 5.92. The Morgan fingerprint density at radius 2 is 1.84 bits per heavy atom. The average molecular weight is 354 g/mol. The smallest absolute Gasteiger partial charge is 0.240 e. The van der Waals surface area contributed by atoms with E-state index in [0.717, 1.165) is 13.1 Å². The van der Waals surface area contributed by atoms with Gasteiger partial charge in [0.25, 0.3) is 0 Å². The number of hydrogen-bond acceptors (Lipinski definition) is 4. The van der Waals surface area contributed by atoms with Gasteiger partial charge in [0, 0.05) is 43.6 Å². The van der Waals surface area contributed by atoms with Gasteiger partial charge in [0.2, 0.25) is 5.91 Å². The van der Waals surface area contributed by atoms with E-state index in [2.05, 4.69) is 37.9 Å². The number of nitrogens with two attached hydrogens (primary N) is 1. The maximum atomic E-state index is 12.9. The van der Waals surface area contributed by atoms with E-state index in [1.165, 1.54) is 6.42 Å². The molecule has 5 heteroatoms. The highest BCUT2D eigenvalue weighted by Crippen LogP contribution is 2.49. The molecule has 1 saturated carbocycles. The van der Waals surface area contributed by atoms with E-state index >= 15 is 0 Å². The van der Waals surface area contributed by atoms with Gasteiger partial charge in [-0.3, -0.25) is 9.69 Å². The molecule has 1 saturated heterocycles. The van der Waals surface area contributed by atoms with Crippen molar-refractivity contribution in [3.63, 3.8) is 0 Å². The molecule has 2 fully saturated rings. The first-order chi connectivity index (χ1) is 11.4. The second-order valence-corrected chi connectivity index (χ2v) is 9.69. The summed E-state index contributed by atoms with van der Waals surface area (Å²) in [5, 5.41) is 3.15. The van der Waals surface area contributed by atoms with Crippen LogP contribution < -0.4 is 11.1 Å². The lowest BCUT2D eigenvalue weighted by Crippen LogP contribution is -2.76. The molecule has 5 nitrogen and oxygen atoms in total. The molecule has 0 aromatic heterocycles. The first-order valence-corrected chi connectivity index (χ1v) is 9.88. The van der Waals surface area contributed by atoms with Gasteiger partial charge in [0.05, 0.1) is 6.10 Å². The molecule has 25 heavy (non-hydrogen) atoms. The van der Waals surface area contributed by atoms with E-state index in [1.807, 2.05) is 20.8 Å². The van der Waals surface area contributed by atoms with Gasteiger partial charge in [-0.05, 0) is 39.0 Å². The van der Waals surface area contributed by atoms with Crippen LogP contribution in [0.2, 0.25) is 0 Å². The van der Waals surface area contributed by atoms with Gasteiger partial charge >= 0.3 is 0 Å².